The van der Waals surface area contributed by atoms with Crippen molar-refractivity contribution in [3.05, 3.63) is 83.6 Å². The van der Waals surface area contributed by atoms with Crippen LogP contribution in [0.15, 0.2) is 81.7 Å². The van der Waals surface area contributed by atoms with Gasteiger partial charge in [0, 0.05) is 28.3 Å². The fraction of sp³-hybridized carbons (Fsp3) is 0.130. The molecular weight excluding hydrogens is 430 g/mol. The molecule has 8 nitrogen and oxygen atoms in total. The molecule has 0 radical (unpaired) electrons. The maximum atomic E-state index is 13.0. The highest BCUT2D eigenvalue weighted by Crippen LogP contribution is 2.36. The van der Waals surface area contributed by atoms with Crippen molar-refractivity contribution in [3.8, 4) is 0 Å². The van der Waals surface area contributed by atoms with Crippen molar-refractivity contribution >= 4 is 41.1 Å². The SMILES string of the molecule is C/C(=C\C(=O)Nc1ccc(SC(C(=O)Nc2cc(C)on2)c2ccccc2)cc1)C(=O)O. The number of benzene rings is 2. The first-order chi connectivity index (χ1) is 15.3. The van der Waals surface area contributed by atoms with Gasteiger partial charge in [0.15, 0.2) is 5.82 Å². The van der Waals surface area contributed by atoms with E-state index in [9.17, 15) is 14.4 Å². The van der Waals surface area contributed by atoms with Gasteiger partial charge in [0.2, 0.25) is 11.8 Å². The van der Waals surface area contributed by atoms with Crippen molar-refractivity contribution in [1.29, 1.82) is 0 Å². The van der Waals surface area contributed by atoms with Crippen LogP contribution in [0, 0.1) is 6.92 Å². The fourth-order valence-corrected chi connectivity index (χ4v) is 3.73. The Kier molecular flexibility index (Phi) is 7.45. The van der Waals surface area contributed by atoms with Crippen LogP contribution in [0.25, 0.3) is 0 Å². The van der Waals surface area contributed by atoms with E-state index in [0.717, 1.165) is 16.5 Å². The van der Waals surface area contributed by atoms with Gasteiger partial charge in [-0.1, -0.05) is 35.5 Å². The maximum Gasteiger partial charge on any atom is 0.331 e. The first-order valence-electron chi connectivity index (χ1n) is 9.60. The monoisotopic (exact) mass is 451 g/mol. The Morgan fingerprint density at radius 1 is 1.06 bits per heavy atom. The molecular formula is C23H21N3O5S. The summed E-state index contributed by atoms with van der Waals surface area (Å²) in [5, 5.41) is 17.5. The highest BCUT2D eigenvalue weighted by Gasteiger charge is 2.23. The number of thioether (sulfide) groups is 1. The van der Waals surface area contributed by atoms with Gasteiger partial charge in [-0.3, -0.25) is 9.59 Å². The smallest absolute Gasteiger partial charge is 0.331 e. The van der Waals surface area contributed by atoms with Crippen LogP contribution in [0.2, 0.25) is 0 Å². The highest BCUT2D eigenvalue weighted by molar-refractivity contribution is 8.00. The van der Waals surface area contributed by atoms with Crippen LogP contribution in [0.1, 0.15) is 23.5 Å². The van der Waals surface area contributed by atoms with Crippen LogP contribution in [-0.2, 0) is 14.4 Å². The van der Waals surface area contributed by atoms with Gasteiger partial charge in [-0.2, -0.15) is 0 Å². The van der Waals surface area contributed by atoms with Crippen molar-refractivity contribution < 1.29 is 24.0 Å². The molecule has 1 atom stereocenters. The first-order valence-corrected chi connectivity index (χ1v) is 10.5. The zero-order chi connectivity index (χ0) is 23.1. The van der Waals surface area contributed by atoms with Gasteiger partial charge in [0.05, 0.1) is 0 Å². The van der Waals surface area contributed by atoms with Gasteiger partial charge in [-0.15, -0.1) is 11.8 Å². The molecule has 3 aromatic rings. The number of aromatic nitrogens is 1. The zero-order valence-corrected chi connectivity index (χ0v) is 18.2. The second-order valence-corrected chi connectivity index (χ2v) is 8.05. The number of hydrogen-bond donors (Lipinski definition) is 3. The molecule has 0 fully saturated rings. The van der Waals surface area contributed by atoms with Crippen LogP contribution in [0.3, 0.4) is 0 Å². The summed E-state index contributed by atoms with van der Waals surface area (Å²) in [5.41, 5.74) is 1.27. The lowest BCUT2D eigenvalue weighted by Gasteiger charge is -2.16. The van der Waals surface area contributed by atoms with Gasteiger partial charge in [-0.25, -0.2) is 4.79 Å². The minimum absolute atomic E-state index is 0.0614. The number of carboxylic acid groups (broad SMARTS) is 1. The number of amides is 2. The van der Waals surface area contributed by atoms with Crippen LogP contribution in [-0.4, -0.2) is 28.0 Å². The summed E-state index contributed by atoms with van der Waals surface area (Å²) in [6.45, 7) is 3.09. The van der Waals surface area contributed by atoms with E-state index in [1.165, 1.54) is 18.7 Å². The van der Waals surface area contributed by atoms with Crippen molar-refractivity contribution in [3.63, 3.8) is 0 Å². The molecule has 164 valence electrons. The van der Waals surface area contributed by atoms with Crippen molar-refractivity contribution in [1.82, 2.24) is 5.16 Å². The molecule has 0 aliphatic heterocycles. The molecule has 2 amide bonds. The summed E-state index contributed by atoms with van der Waals surface area (Å²) < 4.78 is 5.01. The van der Waals surface area contributed by atoms with Gasteiger partial charge in [-0.05, 0) is 43.7 Å². The Morgan fingerprint density at radius 2 is 1.75 bits per heavy atom. The fourth-order valence-electron chi connectivity index (χ4n) is 2.71. The maximum absolute atomic E-state index is 13.0. The number of carbonyl (C=O) groups is 3. The predicted octanol–water partition coefficient (Wildman–Crippen LogP) is 4.42. The number of anilines is 2. The third-order valence-corrected chi connectivity index (χ3v) is 5.55. The largest absolute Gasteiger partial charge is 0.478 e. The Morgan fingerprint density at radius 3 is 2.34 bits per heavy atom. The molecule has 1 aromatic heterocycles. The highest BCUT2D eigenvalue weighted by atomic mass is 32.2. The summed E-state index contributed by atoms with van der Waals surface area (Å²) in [6, 6.07) is 17.9. The van der Waals surface area contributed by atoms with E-state index in [-0.39, 0.29) is 11.5 Å². The molecule has 32 heavy (non-hydrogen) atoms. The van der Waals surface area contributed by atoms with Crippen molar-refractivity contribution in [2.45, 2.75) is 24.0 Å². The Labute approximate surface area is 188 Å². The quantitative estimate of drug-likeness (QED) is 0.342. The Hall–Kier alpha value is -3.85. The summed E-state index contributed by atoms with van der Waals surface area (Å²) in [5.74, 6) is -0.999. The lowest BCUT2D eigenvalue weighted by Crippen LogP contribution is -2.19. The number of carboxylic acids is 1. The van der Waals surface area contributed by atoms with Gasteiger partial charge < -0.3 is 20.3 Å². The average molecular weight is 452 g/mol. The van der Waals surface area contributed by atoms with Crippen LogP contribution in [0.4, 0.5) is 11.5 Å². The number of nitrogens with zero attached hydrogens (tertiary/aromatic N) is 1. The molecule has 0 saturated heterocycles. The second-order valence-electron chi connectivity index (χ2n) is 6.87. The van der Waals surface area contributed by atoms with E-state index in [0.29, 0.717) is 17.3 Å². The predicted molar refractivity (Wildman–Crippen MR) is 121 cm³/mol. The molecule has 0 aliphatic rings. The van der Waals surface area contributed by atoms with Crippen molar-refractivity contribution in [2.75, 3.05) is 10.6 Å². The van der Waals surface area contributed by atoms with Crippen molar-refractivity contribution in [2.24, 2.45) is 0 Å². The lowest BCUT2D eigenvalue weighted by atomic mass is 10.1. The van der Waals surface area contributed by atoms with Crippen LogP contribution < -0.4 is 10.6 Å². The van der Waals surface area contributed by atoms with Gasteiger partial charge in [0.25, 0.3) is 0 Å². The molecule has 0 aliphatic carbocycles. The lowest BCUT2D eigenvalue weighted by molar-refractivity contribution is -0.132. The number of aliphatic carboxylic acids is 1. The third-order valence-electron chi connectivity index (χ3n) is 4.28. The van der Waals surface area contributed by atoms with E-state index in [2.05, 4.69) is 15.8 Å². The summed E-state index contributed by atoms with van der Waals surface area (Å²) in [7, 11) is 0. The number of rotatable bonds is 8. The first kappa shape index (κ1) is 22.8. The zero-order valence-electron chi connectivity index (χ0n) is 17.4. The van der Waals surface area contributed by atoms with E-state index in [1.54, 1.807) is 37.3 Å². The molecule has 0 saturated carbocycles. The molecule has 1 unspecified atom stereocenters. The Bertz CT molecular complexity index is 1140. The molecule has 1 heterocycles. The molecule has 3 N–H and O–H groups in total. The number of carbonyl (C=O) groups excluding carboxylic acids is 2. The second kappa shape index (κ2) is 10.5. The van der Waals surface area contributed by atoms with Crippen LogP contribution >= 0.6 is 11.8 Å². The van der Waals surface area contributed by atoms with E-state index in [4.69, 9.17) is 9.63 Å². The van der Waals surface area contributed by atoms with E-state index in [1.807, 2.05) is 30.3 Å². The number of hydrogen-bond acceptors (Lipinski definition) is 6. The molecule has 0 spiro atoms. The van der Waals surface area contributed by atoms with E-state index < -0.39 is 17.1 Å². The third kappa shape index (κ3) is 6.32. The number of aryl methyl sites for hydroxylation is 1. The summed E-state index contributed by atoms with van der Waals surface area (Å²) in [6.07, 6.45) is 1.02. The minimum atomic E-state index is -1.15. The average Bonchev–Trinajstić information content (AvgIpc) is 3.18. The Balaban J connectivity index is 1.73. The molecule has 2 aromatic carbocycles. The van der Waals surface area contributed by atoms with Gasteiger partial charge >= 0.3 is 5.97 Å². The summed E-state index contributed by atoms with van der Waals surface area (Å²) >= 11 is 1.35. The molecule has 0 bridgehead atoms. The molecule has 3 rings (SSSR count). The normalized spacial score (nSPS) is 12.1. The standard InChI is InChI=1S/C23H21N3O5S/c1-14(23(29)30)12-20(27)24-17-8-10-18(11-9-17)32-21(16-6-4-3-5-7-16)22(28)25-19-13-15(2)31-26-19/h3-13,21H,1-2H3,(H,24,27)(H,29,30)(H,25,26,28)/b14-12+. The van der Waals surface area contributed by atoms with Gasteiger partial charge in [0.1, 0.15) is 11.0 Å². The molecule has 9 heteroatoms. The summed E-state index contributed by atoms with van der Waals surface area (Å²) in [4.78, 5) is 36.5. The minimum Gasteiger partial charge on any atom is -0.478 e. The van der Waals surface area contributed by atoms with Crippen LogP contribution in [0.5, 0.6) is 0 Å². The number of nitrogens with one attached hydrogen (secondary N) is 2. The topological polar surface area (TPSA) is 122 Å². The van der Waals surface area contributed by atoms with E-state index >= 15 is 0 Å².